The summed E-state index contributed by atoms with van der Waals surface area (Å²) >= 11 is 0. The van der Waals surface area contributed by atoms with Gasteiger partial charge in [0.15, 0.2) is 0 Å². The van der Waals surface area contributed by atoms with Crippen molar-refractivity contribution < 1.29 is 0 Å². The highest BCUT2D eigenvalue weighted by Crippen LogP contribution is 2.44. The Morgan fingerprint density at radius 3 is 2.32 bits per heavy atom. The van der Waals surface area contributed by atoms with Gasteiger partial charge in [-0.2, -0.15) is 0 Å². The van der Waals surface area contributed by atoms with Crippen molar-refractivity contribution in [2.24, 2.45) is 23.2 Å². The van der Waals surface area contributed by atoms with Crippen LogP contribution in [0.5, 0.6) is 0 Å². The fraction of sp³-hybridized carbons (Fsp3) is 0.362. The molecule has 0 spiro atoms. The standard InChI is InChI=1S/C47H52/c1-7-38-20-18-37(31-45(38)43-27-28-44(32-43)47(4,5)6)30-36-16-21-40(22-17-36)46(34(3)14-15-35-11-9-8-10-12-35)41-25-23-39(24-26-41)42-19-13-33(2)29-42/h1,8-13,18-20,23-26,28-29,31-33,36,40,46H,3,14-17,21-22,27,30H2,2,4-6H3. The Morgan fingerprint density at radius 2 is 1.68 bits per heavy atom. The van der Waals surface area contributed by atoms with Crippen molar-refractivity contribution in [3.8, 4) is 12.3 Å². The lowest BCUT2D eigenvalue weighted by Crippen LogP contribution is -2.23. The zero-order chi connectivity index (χ0) is 33.0. The molecule has 3 aliphatic carbocycles. The Labute approximate surface area is 285 Å². The Morgan fingerprint density at radius 1 is 0.936 bits per heavy atom. The zero-order valence-corrected chi connectivity index (χ0v) is 29.1. The molecular weight excluding hydrogens is 565 g/mol. The van der Waals surface area contributed by atoms with Crippen LogP contribution in [-0.4, -0.2) is 0 Å². The molecule has 0 nitrogen and oxygen atoms in total. The van der Waals surface area contributed by atoms with E-state index in [9.17, 15) is 0 Å². The summed E-state index contributed by atoms with van der Waals surface area (Å²) in [6, 6.07) is 27.2. The van der Waals surface area contributed by atoms with Gasteiger partial charge in [-0.05, 0) is 125 Å². The lowest BCUT2D eigenvalue weighted by molar-refractivity contribution is 0.252. The van der Waals surface area contributed by atoms with E-state index in [1.54, 1.807) is 0 Å². The highest BCUT2D eigenvalue weighted by Gasteiger charge is 2.31. The lowest BCUT2D eigenvalue weighted by atomic mass is 9.69. The van der Waals surface area contributed by atoms with E-state index in [4.69, 9.17) is 13.0 Å². The molecule has 6 rings (SSSR count). The van der Waals surface area contributed by atoms with Gasteiger partial charge in [-0.3, -0.25) is 0 Å². The average Bonchev–Trinajstić information content (AvgIpc) is 3.76. The molecule has 0 N–H and O–H groups in total. The maximum absolute atomic E-state index is 5.98. The molecule has 2 atom stereocenters. The Balaban J connectivity index is 1.15. The number of benzene rings is 3. The van der Waals surface area contributed by atoms with E-state index in [0.29, 0.717) is 23.7 Å². The largest absolute Gasteiger partial charge is 0.115 e. The summed E-state index contributed by atoms with van der Waals surface area (Å²) in [7, 11) is 0. The highest BCUT2D eigenvalue weighted by atomic mass is 14.4. The molecule has 3 aromatic rings. The van der Waals surface area contributed by atoms with Gasteiger partial charge in [0.05, 0.1) is 0 Å². The number of aryl methyl sites for hydroxylation is 1. The van der Waals surface area contributed by atoms with Gasteiger partial charge >= 0.3 is 0 Å². The molecule has 0 aliphatic heterocycles. The van der Waals surface area contributed by atoms with Gasteiger partial charge in [0.2, 0.25) is 0 Å². The minimum absolute atomic E-state index is 0.157. The molecular formula is C47H52. The molecule has 3 aliphatic rings. The quantitative estimate of drug-likeness (QED) is 0.157. The molecule has 0 aromatic heterocycles. The second-order valence-corrected chi connectivity index (χ2v) is 15.4. The normalized spacial score (nSPS) is 21.5. The summed E-state index contributed by atoms with van der Waals surface area (Å²) in [5.41, 5.74) is 13.5. The van der Waals surface area contributed by atoms with Crippen molar-refractivity contribution in [2.75, 3.05) is 0 Å². The van der Waals surface area contributed by atoms with Crippen LogP contribution < -0.4 is 0 Å². The van der Waals surface area contributed by atoms with Crippen molar-refractivity contribution >= 4 is 11.1 Å². The smallest absolute Gasteiger partial charge is 0.0318 e. The number of terminal acetylenes is 1. The molecule has 1 fully saturated rings. The SMILES string of the molecule is C#Cc1ccc(CC2CCC(C(C(=C)CCc3ccccc3)c3ccc(C4=CC(C)C=C4)cc3)CC2)cc1C1=CC(C(C)(C)C)=CC1. The second kappa shape index (κ2) is 14.4. The van der Waals surface area contributed by atoms with Crippen LogP contribution in [0.15, 0.2) is 121 Å². The molecule has 47 heavy (non-hydrogen) atoms. The van der Waals surface area contributed by atoms with Gasteiger partial charge in [-0.1, -0.05) is 143 Å². The number of allylic oxidation sites excluding steroid dienone is 9. The third-order valence-electron chi connectivity index (χ3n) is 10.9. The molecule has 0 saturated heterocycles. The molecule has 0 heteroatoms. The molecule has 0 heterocycles. The first-order chi connectivity index (χ1) is 22.7. The van der Waals surface area contributed by atoms with Crippen LogP contribution in [-0.2, 0) is 12.8 Å². The first-order valence-electron chi connectivity index (χ1n) is 17.9. The van der Waals surface area contributed by atoms with Crippen LogP contribution in [0.3, 0.4) is 0 Å². The Kier molecular flexibility index (Phi) is 10.0. The predicted molar refractivity (Wildman–Crippen MR) is 203 cm³/mol. The summed E-state index contributed by atoms with van der Waals surface area (Å²) in [6.07, 6.45) is 26.9. The molecule has 0 amide bonds. The third-order valence-corrected chi connectivity index (χ3v) is 10.9. The van der Waals surface area contributed by atoms with Crippen LogP contribution >= 0.6 is 0 Å². The van der Waals surface area contributed by atoms with Crippen LogP contribution in [0.1, 0.15) is 106 Å². The van der Waals surface area contributed by atoms with Gasteiger partial charge in [0.1, 0.15) is 0 Å². The van der Waals surface area contributed by atoms with Crippen molar-refractivity contribution in [1.29, 1.82) is 0 Å². The first-order valence-corrected chi connectivity index (χ1v) is 17.9. The molecule has 0 radical (unpaired) electrons. The minimum Gasteiger partial charge on any atom is -0.115 e. The van der Waals surface area contributed by atoms with Crippen LogP contribution in [0.2, 0.25) is 0 Å². The van der Waals surface area contributed by atoms with Gasteiger partial charge in [-0.15, -0.1) is 6.42 Å². The monoisotopic (exact) mass is 616 g/mol. The van der Waals surface area contributed by atoms with Crippen LogP contribution in [0.25, 0.3) is 11.1 Å². The Hall–Kier alpha value is -4.08. The summed E-state index contributed by atoms with van der Waals surface area (Å²) in [5, 5.41) is 0. The van der Waals surface area contributed by atoms with Gasteiger partial charge in [-0.25, -0.2) is 0 Å². The summed E-state index contributed by atoms with van der Waals surface area (Å²) in [5.74, 6) is 5.23. The van der Waals surface area contributed by atoms with Gasteiger partial charge in [0.25, 0.3) is 0 Å². The van der Waals surface area contributed by atoms with E-state index < -0.39 is 0 Å². The predicted octanol–water partition coefficient (Wildman–Crippen LogP) is 12.3. The summed E-state index contributed by atoms with van der Waals surface area (Å²) in [4.78, 5) is 0. The maximum atomic E-state index is 5.98. The van der Waals surface area contributed by atoms with E-state index in [2.05, 4.69) is 137 Å². The number of hydrogen-bond acceptors (Lipinski definition) is 0. The lowest BCUT2D eigenvalue weighted by Gasteiger charge is -2.36. The fourth-order valence-corrected chi connectivity index (χ4v) is 8.08. The van der Waals surface area contributed by atoms with E-state index in [1.165, 1.54) is 75.8 Å². The molecule has 1 saturated carbocycles. The average molecular weight is 617 g/mol. The molecule has 240 valence electrons. The zero-order valence-electron chi connectivity index (χ0n) is 29.1. The summed E-state index contributed by atoms with van der Waals surface area (Å²) < 4.78 is 0. The summed E-state index contributed by atoms with van der Waals surface area (Å²) in [6.45, 7) is 13.9. The molecule has 0 bridgehead atoms. The second-order valence-electron chi connectivity index (χ2n) is 15.4. The number of hydrogen-bond donors (Lipinski definition) is 0. The highest BCUT2D eigenvalue weighted by molar-refractivity contribution is 5.78. The van der Waals surface area contributed by atoms with E-state index in [1.807, 2.05) is 0 Å². The van der Waals surface area contributed by atoms with Crippen LogP contribution in [0, 0.1) is 35.5 Å². The van der Waals surface area contributed by atoms with Crippen LogP contribution in [0.4, 0.5) is 0 Å². The van der Waals surface area contributed by atoms with E-state index in [-0.39, 0.29) is 5.41 Å². The van der Waals surface area contributed by atoms with E-state index in [0.717, 1.165) is 31.2 Å². The number of rotatable bonds is 10. The third kappa shape index (κ3) is 7.91. The van der Waals surface area contributed by atoms with Gasteiger partial charge in [0, 0.05) is 11.5 Å². The van der Waals surface area contributed by atoms with Crippen molar-refractivity contribution in [3.05, 3.63) is 154 Å². The topological polar surface area (TPSA) is 0 Å². The Bertz CT molecular complexity index is 1730. The fourth-order valence-electron chi connectivity index (χ4n) is 8.08. The maximum Gasteiger partial charge on any atom is 0.0318 e. The van der Waals surface area contributed by atoms with Crippen molar-refractivity contribution in [3.63, 3.8) is 0 Å². The van der Waals surface area contributed by atoms with Crippen molar-refractivity contribution in [2.45, 2.75) is 85.0 Å². The first kappa shape index (κ1) is 32.8. The molecule has 3 aromatic carbocycles. The minimum atomic E-state index is 0.157. The molecule has 2 unspecified atom stereocenters. The van der Waals surface area contributed by atoms with E-state index >= 15 is 0 Å². The van der Waals surface area contributed by atoms with Crippen molar-refractivity contribution in [1.82, 2.24) is 0 Å². The van der Waals surface area contributed by atoms with Gasteiger partial charge < -0.3 is 0 Å².